The van der Waals surface area contributed by atoms with Crippen LogP contribution in [0.1, 0.15) is 19.0 Å². The van der Waals surface area contributed by atoms with E-state index in [2.05, 4.69) is 4.98 Å². The molecule has 5 nitrogen and oxygen atoms in total. The molecule has 1 fully saturated rings. The van der Waals surface area contributed by atoms with Gasteiger partial charge in [0.2, 0.25) is 0 Å². The van der Waals surface area contributed by atoms with Crippen molar-refractivity contribution in [3.8, 4) is 0 Å². The first-order chi connectivity index (χ1) is 7.58. The molecule has 16 heavy (non-hydrogen) atoms. The number of aliphatic hydroxyl groups is 1. The van der Waals surface area contributed by atoms with E-state index in [-0.39, 0.29) is 12.5 Å². The van der Waals surface area contributed by atoms with Crippen LogP contribution in [0, 0.1) is 5.92 Å². The van der Waals surface area contributed by atoms with E-state index >= 15 is 0 Å². The number of cyclic esters (lactones) is 1. The SMILES string of the molecule is CC[C@@]1(O)C(=O)OC[C@H]1Cc1cncn1C. The van der Waals surface area contributed by atoms with Crippen molar-refractivity contribution in [3.05, 3.63) is 18.2 Å². The molecule has 0 bridgehead atoms. The number of esters is 1. The lowest BCUT2D eigenvalue weighted by molar-refractivity contribution is -0.154. The third kappa shape index (κ3) is 1.61. The summed E-state index contributed by atoms with van der Waals surface area (Å²) in [6.45, 7) is 2.08. The van der Waals surface area contributed by atoms with Gasteiger partial charge in [0.25, 0.3) is 0 Å². The van der Waals surface area contributed by atoms with E-state index in [0.29, 0.717) is 12.8 Å². The molecule has 1 N–H and O–H groups in total. The third-order valence-electron chi connectivity index (χ3n) is 3.36. The molecule has 1 aliphatic heterocycles. The molecular weight excluding hydrogens is 208 g/mol. The van der Waals surface area contributed by atoms with Gasteiger partial charge in [-0.15, -0.1) is 0 Å². The van der Waals surface area contributed by atoms with Crippen molar-refractivity contribution < 1.29 is 14.6 Å². The van der Waals surface area contributed by atoms with Crippen molar-refractivity contribution in [2.45, 2.75) is 25.4 Å². The number of ether oxygens (including phenoxy) is 1. The molecule has 0 spiro atoms. The average Bonchev–Trinajstić information content (AvgIpc) is 2.79. The van der Waals surface area contributed by atoms with Crippen molar-refractivity contribution in [2.24, 2.45) is 13.0 Å². The van der Waals surface area contributed by atoms with Crippen molar-refractivity contribution in [2.75, 3.05) is 6.61 Å². The van der Waals surface area contributed by atoms with Crippen LogP contribution >= 0.6 is 0 Å². The number of imidazole rings is 1. The second-order valence-electron chi connectivity index (χ2n) is 4.27. The molecule has 5 heteroatoms. The van der Waals surface area contributed by atoms with Gasteiger partial charge in [0.15, 0.2) is 5.60 Å². The Morgan fingerprint density at radius 1 is 1.75 bits per heavy atom. The maximum atomic E-state index is 11.5. The van der Waals surface area contributed by atoms with Crippen molar-refractivity contribution in [1.82, 2.24) is 9.55 Å². The fourth-order valence-corrected chi connectivity index (χ4v) is 2.10. The zero-order valence-electron chi connectivity index (χ0n) is 9.51. The van der Waals surface area contributed by atoms with Crippen LogP contribution in [0.5, 0.6) is 0 Å². The van der Waals surface area contributed by atoms with Crippen LogP contribution in [0.15, 0.2) is 12.5 Å². The van der Waals surface area contributed by atoms with Gasteiger partial charge in [0.1, 0.15) is 0 Å². The Labute approximate surface area is 94.1 Å². The quantitative estimate of drug-likeness (QED) is 0.749. The summed E-state index contributed by atoms with van der Waals surface area (Å²) >= 11 is 0. The number of hydrogen-bond donors (Lipinski definition) is 1. The van der Waals surface area contributed by atoms with Crippen molar-refractivity contribution in [1.29, 1.82) is 0 Å². The summed E-state index contributed by atoms with van der Waals surface area (Å²) in [5.74, 6) is -0.678. The molecule has 1 aliphatic rings. The highest BCUT2D eigenvalue weighted by Crippen LogP contribution is 2.32. The highest BCUT2D eigenvalue weighted by molar-refractivity contribution is 5.81. The fraction of sp³-hybridized carbons (Fsp3) is 0.636. The van der Waals surface area contributed by atoms with Crippen LogP contribution in [0.3, 0.4) is 0 Å². The summed E-state index contributed by atoms with van der Waals surface area (Å²) in [6, 6.07) is 0. The van der Waals surface area contributed by atoms with E-state index < -0.39 is 11.6 Å². The zero-order valence-corrected chi connectivity index (χ0v) is 9.51. The number of carbonyl (C=O) groups excluding carboxylic acids is 1. The van der Waals surface area contributed by atoms with Gasteiger partial charge in [-0.3, -0.25) is 0 Å². The first-order valence-electron chi connectivity index (χ1n) is 5.42. The first-order valence-corrected chi connectivity index (χ1v) is 5.42. The van der Waals surface area contributed by atoms with Crippen LogP contribution in [-0.2, 0) is 23.0 Å². The zero-order chi connectivity index (χ0) is 11.8. The summed E-state index contributed by atoms with van der Waals surface area (Å²) in [7, 11) is 1.89. The molecule has 0 amide bonds. The summed E-state index contributed by atoms with van der Waals surface area (Å²) in [5, 5.41) is 10.2. The van der Waals surface area contributed by atoms with Crippen LogP contribution in [0.4, 0.5) is 0 Å². The molecule has 2 atom stereocenters. The summed E-state index contributed by atoms with van der Waals surface area (Å²) in [4.78, 5) is 15.5. The van der Waals surface area contributed by atoms with E-state index in [1.54, 1.807) is 19.4 Å². The van der Waals surface area contributed by atoms with Crippen LogP contribution in [0.2, 0.25) is 0 Å². The lowest BCUT2D eigenvalue weighted by atomic mass is 9.84. The first kappa shape index (κ1) is 11.1. The topological polar surface area (TPSA) is 64.3 Å². The van der Waals surface area contributed by atoms with Crippen molar-refractivity contribution >= 4 is 5.97 Å². The highest BCUT2D eigenvalue weighted by atomic mass is 16.6. The summed E-state index contributed by atoms with van der Waals surface area (Å²) < 4.78 is 6.83. The smallest absolute Gasteiger partial charge is 0.338 e. The Balaban J connectivity index is 2.17. The van der Waals surface area contributed by atoms with E-state index in [4.69, 9.17) is 4.74 Å². The van der Waals surface area contributed by atoms with Gasteiger partial charge in [-0.05, 0) is 12.8 Å². The van der Waals surface area contributed by atoms with E-state index in [9.17, 15) is 9.90 Å². The van der Waals surface area contributed by atoms with Crippen molar-refractivity contribution in [3.63, 3.8) is 0 Å². The van der Waals surface area contributed by atoms with Gasteiger partial charge in [-0.1, -0.05) is 6.92 Å². The minimum absolute atomic E-state index is 0.180. The molecule has 0 aromatic carbocycles. The van der Waals surface area contributed by atoms with Gasteiger partial charge in [-0.2, -0.15) is 0 Å². The maximum Gasteiger partial charge on any atom is 0.338 e. The molecule has 2 rings (SSSR count). The Bertz CT molecular complexity index is 402. The molecule has 0 unspecified atom stereocenters. The number of aryl methyl sites for hydroxylation is 1. The number of rotatable bonds is 3. The molecule has 0 radical (unpaired) electrons. The molecular formula is C11H16N2O3. The second-order valence-corrected chi connectivity index (χ2v) is 4.27. The largest absolute Gasteiger partial charge is 0.463 e. The van der Waals surface area contributed by atoms with Gasteiger partial charge >= 0.3 is 5.97 Å². The fourth-order valence-electron chi connectivity index (χ4n) is 2.10. The van der Waals surface area contributed by atoms with E-state index in [1.165, 1.54) is 0 Å². The second kappa shape index (κ2) is 3.90. The number of hydrogen-bond acceptors (Lipinski definition) is 4. The monoisotopic (exact) mass is 224 g/mol. The molecule has 1 aromatic rings. The molecule has 1 aromatic heterocycles. The van der Waals surface area contributed by atoms with E-state index in [0.717, 1.165) is 5.69 Å². The van der Waals surface area contributed by atoms with Crippen LogP contribution in [0.25, 0.3) is 0 Å². The Morgan fingerprint density at radius 2 is 2.50 bits per heavy atom. The summed E-state index contributed by atoms with van der Waals surface area (Å²) in [6.07, 6.45) is 4.44. The van der Waals surface area contributed by atoms with Gasteiger partial charge < -0.3 is 14.4 Å². The minimum atomic E-state index is -1.33. The van der Waals surface area contributed by atoms with Crippen LogP contribution < -0.4 is 0 Å². The Kier molecular flexibility index (Phi) is 2.71. The molecule has 2 heterocycles. The lowest BCUT2D eigenvalue weighted by Gasteiger charge is -2.23. The maximum absolute atomic E-state index is 11.5. The van der Waals surface area contributed by atoms with Crippen LogP contribution in [-0.4, -0.2) is 32.8 Å². The number of aromatic nitrogens is 2. The van der Waals surface area contributed by atoms with Gasteiger partial charge in [-0.25, -0.2) is 9.78 Å². The predicted octanol–water partition coefficient (Wildman–Crippen LogP) is 0.277. The van der Waals surface area contributed by atoms with Gasteiger partial charge in [0, 0.05) is 24.9 Å². The average molecular weight is 224 g/mol. The predicted molar refractivity (Wildman–Crippen MR) is 56.6 cm³/mol. The molecule has 1 saturated heterocycles. The molecule has 0 saturated carbocycles. The molecule has 0 aliphatic carbocycles. The third-order valence-corrected chi connectivity index (χ3v) is 3.36. The normalized spacial score (nSPS) is 29.4. The number of nitrogens with zero attached hydrogens (tertiary/aromatic N) is 2. The Hall–Kier alpha value is -1.36. The van der Waals surface area contributed by atoms with Gasteiger partial charge in [0.05, 0.1) is 12.9 Å². The minimum Gasteiger partial charge on any atom is -0.463 e. The summed E-state index contributed by atoms with van der Waals surface area (Å²) in [5.41, 5.74) is -0.334. The highest BCUT2D eigenvalue weighted by Gasteiger charge is 2.49. The lowest BCUT2D eigenvalue weighted by Crippen LogP contribution is -2.41. The standard InChI is InChI=1S/C11H16N2O3/c1-3-11(15)8(6-16-10(11)14)4-9-5-12-7-13(9)2/h5,7-8,15H,3-4,6H2,1-2H3/t8-,11+/m1/s1. The molecule has 88 valence electrons. The number of carbonyl (C=O) groups is 1. The Morgan fingerprint density at radius 3 is 3.06 bits per heavy atom. The van der Waals surface area contributed by atoms with E-state index in [1.807, 2.05) is 11.6 Å².